The number of nitriles is 1. The summed E-state index contributed by atoms with van der Waals surface area (Å²) in [5.74, 6) is 0. The second-order valence-electron chi connectivity index (χ2n) is 3.56. The van der Waals surface area contributed by atoms with Gasteiger partial charge in [-0.15, -0.1) is 17.8 Å². The zero-order chi connectivity index (χ0) is 11.5. The largest absolute Gasteiger partial charge is 0.393 e. The van der Waals surface area contributed by atoms with Crippen LogP contribution in [-0.2, 0) is 32.7 Å². The Morgan fingerprint density at radius 1 is 1.41 bits per heavy atom. The summed E-state index contributed by atoms with van der Waals surface area (Å²) in [7, 11) is 0. The predicted molar refractivity (Wildman–Crippen MR) is 72.5 cm³/mol. The van der Waals surface area contributed by atoms with Crippen molar-refractivity contribution in [1.82, 2.24) is 5.32 Å². The van der Waals surface area contributed by atoms with Gasteiger partial charge in [0.05, 0.1) is 6.07 Å². The molecule has 1 N–H and O–H groups in total. The van der Waals surface area contributed by atoms with E-state index in [0.29, 0.717) is 9.49 Å². The van der Waals surface area contributed by atoms with Crippen LogP contribution in [0.5, 0.6) is 0 Å². The van der Waals surface area contributed by atoms with Crippen LogP contribution >= 0.6 is 22.6 Å². The third-order valence-electron chi connectivity index (χ3n) is 2.42. The first-order chi connectivity index (χ1) is 7.70. The molecule has 0 saturated carbocycles. The molecule has 0 aromatic heterocycles. The second-order valence-corrected chi connectivity index (χ2v) is 5.07. The van der Waals surface area contributed by atoms with Gasteiger partial charge >= 0.3 is 0 Å². The maximum Gasteiger partial charge on any atom is 0.0990 e. The molecule has 1 aromatic rings. The van der Waals surface area contributed by atoms with E-state index in [0.717, 1.165) is 23.4 Å². The second kappa shape index (κ2) is 6.68. The number of rotatable bonds is 1. The molecule has 2 rings (SSSR count). The fourth-order valence-electron chi connectivity index (χ4n) is 1.48. The van der Waals surface area contributed by atoms with Crippen LogP contribution in [0.1, 0.15) is 17.5 Å². The van der Waals surface area contributed by atoms with E-state index in [-0.39, 0.29) is 32.7 Å². The first-order valence-electron chi connectivity index (χ1n) is 4.92. The molecule has 0 amide bonds. The molecule has 1 aliphatic heterocycles. The molecule has 0 bridgehead atoms. The summed E-state index contributed by atoms with van der Waals surface area (Å²) in [6, 6.07) is 9.57. The molecule has 4 heteroatoms. The van der Waals surface area contributed by atoms with Crippen LogP contribution in [0.15, 0.2) is 36.5 Å². The van der Waals surface area contributed by atoms with Crippen LogP contribution < -0.4 is 5.32 Å². The van der Waals surface area contributed by atoms with Crippen molar-refractivity contribution in [2.45, 2.75) is 10.3 Å². The van der Waals surface area contributed by atoms with Crippen LogP contribution in [0.25, 0.3) is 5.70 Å². The smallest absolute Gasteiger partial charge is 0.0990 e. The Kier molecular flexibility index (Phi) is 5.84. The van der Waals surface area contributed by atoms with Gasteiger partial charge in [-0.2, -0.15) is 10.8 Å². The Bertz CT molecular complexity index is 485. The van der Waals surface area contributed by atoms with Gasteiger partial charge in [0, 0.05) is 47.9 Å². The van der Waals surface area contributed by atoms with Gasteiger partial charge in [0.1, 0.15) is 0 Å². The normalized spacial score (nSPS) is 18.5. The number of allylic oxidation sites excluding steroid dienone is 2. The van der Waals surface area contributed by atoms with Gasteiger partial charge in [0.25, 0.3) is 0 Å². The fourth-order valence-corrected chi connectivity index (χ4v) is 1.86. The van der Waals surface area contributed by atoms with Crippen molar-refractivity contribution in [3.8, 4) is 6.07 Å². The first-order valence-corrected chi connectivity index (χ1v) is 6.16. The molecule has 1 unspecified atom stereocenters. The van der Waals surface area contributed by atoms with Crippen LogP contribution in [0, 0.1) is 17.4 Å². The van der Waals surface area contributed by atoms with Crippen molar-refractivity contribution < 1.29 is 32.7 Å². The van der Waals surface area contributed by atoms with E-state index < -0.39 is 0 Å². The molecule has 0 aliphatic carbocycles. The number of benzene rings is 1. The Labute approximate surface area is 140 Å². The molecule has 1 atom stereocenters. The van der Waals surface area contributed by atoms with Crippen molar-refractivity contribution in [2.75, 3.05) is 0 Å². The van der Waals surface area contributed by atoms with Gasteiger partial charge in [-0.1, -0.05) is 47.7 Å². The molecule has 1 aromatic carbocycles. The molecular formula is C13H10IN2Y-. The van der Waals surface area contributed by atoms with E-state index in [1.807, 2.05) is 24.3 Å². The van der Waals surface area contributed by atoms with Gasteiger partial charge in [0.15, 0.2) is 0 Å². The van der Waals surface area contributed by atoms with Crippen molar-refractivity contribution in [1.29, 1.82) is 5.26 Å². The van der Waals surface area contributed by atoms with Gasteiger partial charge in [-0.3, -0.25) is 0 Å². The summed E-state index contributed by atoms with van der Waals surface area (Å²) >= 11 is 2.34. The number of nitrogens with one attached hydrogen (secondary N) is 1. The number of hydrogen-bond acceptors (Lipinski definition) is 2. The molecule has 0 saturated heterocycles. The van der Waals surface area contributed by atoms with E-state index >= 15 is 0 Å². The summed E-state index contributed by atoms with van der Waals surface area (Å²) in [6.45, 7) is 3.97. The number of halogens is 1. The van der Waals surface area contributed by atoms with E-state index in [4.69, 9.17) is 5.26 Å². The molecule has 0 spiro atoms. The zero-order valence-corrected chi connectivity index (χ0v) is 14.2. The van der Waals surface area contributed by atoms with E-state index in [1.54, 1.807) is 0 Å². The van der Waals surface area contributed by atoms with Crippen LogP contribution in [-0.4, -0.2) is 3.92 Å². The molecule has 83 valence electrons. The molecular weight excluding hydrogens is 400 g/mol. The van der Waals surface area contributed by atoms with Gasteiger partial charge < -0.3 is 5.32 Å². The Balaban J connectivity index is 0.00000144. The number of hydrogen-bond donors (Lipinski definition) is 1. The fraction of sp³-hybridized carbons (Fsp3) is 0.154. The molecule has 1 heterocycles. The molecule has 1 aliphatic rings. The van der Waals surface area contributed by atoms with E-state index in [9.17, 15) is 0 Å². The summed E-state index contributed by atoms with van der Waals surface area (Å²) in [5, 5.41) is 12.0. The predicted octanol–water partition coefficient (Wildman–Crippen LogP) is 3.01. The third kappa shape index (κ3) is 3.64. The summed E-state index contributed by atoms with van der Waals surface area (Å²) in [6.07, 6.45) is 4.18. The standard InChI is InChI=1S/C13H10IN2.Y/c1-9-12(14)6-7-13(16-9)11-4-2-10(8-15)3-5-11;/h2-5,12,16H,1,6H2;/q-1;. The average molecular weight is 410 g/mol. The quantitative estimate of drug-likeness (QED) is 0.439. The minimum Gasteiger partial charge on any atom is -0.393 e. The van der Waals surface area contributed by atoms with E-state index in [2.05, 4.69) is 46.6 Å². The Morgan fingerprint density at radius 3 is 2.59 bits per heavy atom. The third-order valence-corrected chi connectivity index (χ3v) is 3.62. The molecule has 1 radical (unpaired) electrons. The minimum absolute atomic E-state index is 0. The number of alkyl halides is 1. The van der Waals surface area contributed by atoms with Gasteiger partial charge in [-0.05, 0) is 0 Å². The van der Waals surface area contributed by atoms with E-state index in [1.165, 1.54) is 0 Å². The van der Waals surface area contributed by atoms with Gasteiger partial charge in [0.2, 0.25) is 0 Å². The minimum atomic E-state index is 0. The monoisotopic (exact) mass is 410 g/mol. The molecule has 17 heavy (non-hydrogen) atoms. The van der Waals surface area contributed by atoms with Crippen molar-refractivity contribution in [3.05, 3.63) is 53.7 Å². The van der Waals surface area contributed by atoms with Crippen LogP contribution in [0.4, 0.5) is 0 Å². The maximum absolute atomic E-state index is 8.71. The average Bonchev–Trinajstić information content (AvgIpc) is 2.33. The SMILES string of the molecule is C=C1NC(c2ccc(C#N)cc2)=[C-]CC1I.[Y]. The molecule has 2 nitrogen and oxygen atoms in total. The summed E-state index contributed by atoms with van der Waals surface area (Å²) < 4.78 is 0.403. The zero-order valence-electron chi connectivity index (χ0n) is 9.20. The topological polar surface area (TPSA) is 35.8 Å². The number of nitrogens with zero attached hydrogens (tertiary/aromatic N) is 1. The van der Waals surface area contributed by atoms with Gasteiger partial charge in [-0.25, -0.2) is 6.08 Å². The van der Waals surface area contributed by atoms with Crippen LogP contribution in [0.2, 0.25) is 0 Å². The van der Waals surface area contributed by atoms with Crippen molar-refractivity contribution in [3.63, 3.8) is 0 Å². The first kappa shape index (κ1) is 14.9. The Morgan fingerprint density at radius 2 is 2.06 bits per heavy atom. The Hall–Kier alpha value is -0.176. The van der Waals surface area contributed by atoms with Crippen molar-refractivity contribution >= 4 is 28.3 Å². The summed E-state index contributed by atoms with van der Waals surface area (Å²) in [5.41, 5.74) is 3.69. The molecule has 0 fully saturated rings. The maximum atomic E-state index is 8.71. The summed E-state index contributed by atoms with van der Waals surface area (Å²) in [4.78, 5) is 0. The van der Waals surface area contributed by atoms with Crippen molar-refractivity contribution in [2.24, 2.45) is 0 Å². The van der Waals surface area contributed by atoms with Crippen LogP contribution in [0.3, 0.4) is 0 Å².